The molecule has 1 fully saturated rings. The van der Waals surface area contributed by atoms with Crippen LogP contribution in [0.15, 0.2) is 42.6 Å². The topological polar surface area (TPSA) is 12.9 Å². The maximum absolute atomic E-state index is 4.44. The van der Waals surface area contributed by atoms with Gasteiger partial charge in [0.2, 0.25) is 0 Å². The van der Waals surface area contributed by atoms with Crippen LogP contribution in [0.2, 0.25) is 0 Å². The van der Waals surface area contributed by atoms with Crippen LogP contribution in [0.5, 0.6) is 0 Å². The number of pyridine rings is 1. The molecule has 1 aromatic carbocycles. The van der Waals surface area contributed by atoms with Crippen molar-refractivity contribution in [2.24, 2.45) is 0 Å². The number of fused-ring (bicyclic) bond motifs is 5. The zero-order valence-electron chi connectivity index (χ0n) is 9.76. The molecule has 0 aliphatic heterocycles. The summed E-state index contributed by atoms with van der Waals surface area (Å²) in [5.41, 5.74) is 5.58. The largest absolute Gasteiger partial charge is 0.256 e. The monoisotopic (exact) mass is 221 g/mol. The molecular weight excluding hydrogens is 206 g/mol. The molecule has 2 aliphatic carbocycles. The number of hydrogen-bond donors (Lipinski definition) is 0. The van der Waals surface area contributed by atoms with Gasteiger partial charge < -0.3 is 0 Å². The second-order valence-corrected chi connectivity index (χ2v) is 5.27. The average Bonchev–Trinajstić information content (AvgIpc) is 3.01. The van der Waals surface area contributed by atoms with Crippen molar-refractivity contribution >= 4 is 0 Å². The van der Waals surface area contributed by atoms with E-state index >= 15 is 0 Å². The zero-order chi connectivity index (χ0) is 11.2. The summed E-state index contributed by atoms with van der Waals surface area (Å²) in [7, 11) is 0. The van der Waals surface area contributed by atoms with Crippen LogP contribution < -0.4 is 0 Å². The summed E-state index contributed by atoms with van der Waals surface area (Å²) >= 11 is 0. The van der Waals surface area contributed by atoms with Gasteiger partial charge in [-0.25, -0.2) is 0 Å². The summed E-state index contributed by atoms with van der Waals surface area (Å²) in [4.78, 5) is 4.44. The molecule has 84 valence electrons. The summed E-state index contributed by atoms with van der Waals surface area (Å²) in [6, 6.07) is 13.1. The Hall–Kier alpha value is -1.63. The van der Waals surface area contributed by atoms with E-state index in [4.69, 9.17) is 0 Å². The van der Waals surface area contributed by atoms with Gasteiger partial charge in [-0.15, -0.1) is 0 Å². The fraction of sp³-hybridized carbons (Fsp3) is 0.312. The molecule has 0 saturated heterocycles. The van der Waals surface area contributed by atoms with E-state index in [0.717, 1.165) is 17.5 Å². The molecule has 2 atom stereocenters. The van der Waals surface area contributed by atoms with Crippen LogP contribution in [0.4, 0.5) is 0 Å². The Morgan fingerprint density at radius 1 is 0.941 bits per heavy atom. The van der Waals surface area contributed by atoms with Crippen LogP contribution in [0.3, 0.4) is 0 Å². The number of benzene rings is 1. The van der Waals surface area contributed by atoms with Crippen LogP contribution in [0.1, 0.15) is 42.2 Å². The van der Waals surface area contributed by atoms with Gasteiger partial charge in [-0.1, -0.05) is 18.2 Å². The highest BCUT2D eigenvalue weighted by molar-refractivity contribution is 5.62. The first-order chi connectivity index (χ1) is 8.42. The Balaban J connectivity index is 1.83. The molecule has 1 aromatic heterocycles. The van der Waals surface area contributed by atoms with Crippen molar-refractivity contribution in [1.82, 2.24) is 4.98 Å². The number of hydrogen-bond acceptors (Lipinski definition) is 1. The summed E-state index contributed by atoms with van der Waals surface area (Å²) in [5.74, 6) is 1.69. The molecule has 4 rings (SSSR count). The Morgan fingerprint density at radius 3 is 2.65 bits per heavy atom. The molecule has 0 amide bonds. The molecule has 2 aliphatic rings. The maximum atomic E-state index is 4.44. The van der Waals surface area contributed by atoms with Crippen molar-refractivity contribution in [3.63, 3.8) is 0 Å². The molecular formula is C16H15N. The van der Waals surface area contributed by atoms with Gasteiger partial charge >= 0.3 is 0 Å². The summed E-state index contributed by atoms with van der Waals surface area (Å²) in [5, 5.41) is 0. The normalized spacial score (nSPS) is 24.9. The first-order valence-corrected chi connectivity index (χ1v) is 6.47. The Morgan fingerprint density at radius 2 is 1.82 bits per heavy atom. The van der Waals surface area contributed by atoms with Crippen molar-refractivity contribution in [3.05, 3.63) is 53.7 Å². The summed E-state index contributed by atoms with van der Waals surface area (Å²) in [6.07, 6.45) is 6.06. The van der Waals surface area contributed by atoms with Crippen molar-refractivity contribution in [3.8, 4) is 11.3 Å². The van der Waals surface area contributed by atoms with Crippen LogP contribution >= 0.6 is 0 Å². The molecule has 1 heteroatoms. The van der Waals surface area contributed by atoms with E-state index in [1.165, 1.54) is 24.8 Å². The molecule has 1 saturated carbocycles. The molecule has 1 nitrogen and oxygen atoms in total. The lowest BCUT2D eigenvalue weighted by Crippen LogP contribution is -1.98. The molecule has 2 bridgehead atoms. The standard InChI is InChI=1S/C16H15N/c1-2-8-17-16(3-1)13-6-7-14-11-4-5-12(9-11)15(14)10-13/h1-3,6-8,10-12H,4-5,9H2. The molecule has 0 radical (unpaired) electrons. The third-order valence-corrected chi connectivity index (χ3v) is 4.36. The van der Waals surface area contributed by atoms with Gasteiger partial charge in [-0.2, -0.15) is 0 Å². The second kappa shape index (κ2) is 3.43. The first kappa shape index (κ1) is 9.41. The van der Waals surface area contributed by atoms with Gasteiger partial charge in [0.25, 0.3) is 0 Å². The van der Waals surface area contributed by atoms with Gasteiger partial charge in [0, 0.05) is 11.8 Å². The Bertz CT molecular complexity index is 559. The molecule has 2 unspecified atom stereocenters. The quantitative estimate of drug-likeness (QED) is 0.706. The highest BCUT2D eigenvalue weighted by Gasteiger charge is 2.36. The lowest BCUT2D eigenvalue weighted by molar-refractivity contribution is 0.717. The zero-order valence-corrected chi connectivity index (χ0v) is 9.76. The summed E-state index contributed by atoms with van der Waals surface area (Å²) < 4.78 is 0. The Kier molecular flexibility index (Phi) is 1.90. The maximum Gasteiger partial charge on any atom is 0.0702 e. The smallest absolute Gasteiger partial charge is 0.0702 e. The third-order valence-electron chi connectivity index (χ3n) is 4.36. The van der Waals surface area contributed by atoms with Gasteiger partial charge in [0.15, 0.2) is 0 Å². The van der Waals surface area contributed by atoms with E-state index in [-0.39, 0.29) is 0 Å². The second-order valence-electron chi connectivity index (χ2n) is 5.27. The minimum Gasteiger partial charge on any atom is -0.256 e. The highest BCUT2D eigenvalue weighted by Crippen LogP contribution is 2.53. The van der Waals surface area contributed by atoms with Crippen LogP contribution in [-0.2, 0) is 0 Å². The predicted molar refractivity (Wildman–Crippen MR) is 69.0 cm³/mol. The molecule has 1 heterocycles. The highest BCUT2D eigenvalue weighted by atomic mass is 14.7. The minimum atomic E-state index is 0.832. The predicted octanol–water partition coefficient (Wildman–Crippen LogP) is 4.11. The van der Waals surface area contributed by atoms with Gasteiger partial charge in [0.1, 0.15) is 0 Å². The third kappa shape index (κ3) is 1.35. The van der Waals surface area contributed by atoms with Crippen LogP contribution in [0, 0.1) is 0 Å². The fourth-order valence-corrected chi connectivity index (χ4v) is 3.54. The van der Waals surface area contributed by atoms with Crippen molar-refractivity contribution in [2.45, 2.75) is 31.1 Å². The van der Waals surface area contributed by atoms with E-state index in [2.05, 4.69) is 35.3 Å². The fourth-order valence-electron chi connectivity index (χ4n) is 3.54. The van der Waals surface area contributed by atoms with E-state index in [0.29, 0.717) is 0 Å². The number of aromatic nitrogens is 1. The van der Waals surface area contributed by atoms with Crippen LogP contribution in [0.25, 0.3) is 11.3 Å². The van der Waals surface area contributed by atoms with Crippen molar-refractivity contribution in [2.75, 3.05) is 0 Å². The molecule has 0 spiro atoms. The van der Waals surface area contributed by atoms with Gasteiger partial charge in [-0.05, 0) is 60.4 Å². The summed E-state index contributed by atoms with van der Waals surface area (Å²) in [6.45, 7) is 0. The van der Waals surface area contributed by atoms with Crippen molar-refractivity contribution < 1.29 is 0 Å². The van der Waals surface area contributed by atoms with Gasteiger partial charge in [0.05, 0.1) is 5.69 Å². The van der Waals surface area contributed by atoms with Crippen molar-refractivity contribution in [1.29, 1.82) is 0 Å². The van der Waals surface area contributed by atoms with E-state index in [9.17, 15) is 0 Å². The lowest BCUT2D eigenvalue weighted by Gasteiger charge is -2.15. The average molecular weight is 221 g/mol. The molecule has 0 N–H and O–H groups in total. The van der Waals surface area contributed by atoms with E-state index in [1.807, 2.05) is 12.3 Å². The van der Waals surface area contributed by atoms with E-state index < -0.39 is 0 Å². The van der Waals surface area contributed by atoms with E-state index in [1.54, 1.807) is 11.1 Å². The Labute approximate surface area is 102 Å². The number of rotatable bonds is 1. The molecule has 17 heavy (non-hydrogen) atoms. The first-order valence-electron chi connectivity index (χ1n) is 6.47. The SMILES string of the molecule is c1ccc(-c2ccc3c(c2)C2CCC3C2)nc1. The van der Waals surface area contributed by atoms with Crippen LogP contribution in [-0.4, -0.2) is 4.98 Å². The van der Waals surface area contributed by atoms with Gasteiger partial charge in [-0.3, -0.25) is 4.98 Å². The minimum absolute atomic E-state index is 0.832. The molecule has 2 aromatic rings. The lowest BCUT2D eigenvalue weighted by atomic mass is 9.90. The number of nitrogens with zero attached hydrogens (tertiary/aromatic N) is 1.